The van der Waals surface area contributed by atoms with E-state index in [2.05, 4.69) is 10.6 Å². The van der Waals surface area contributed by atoms with E-state index in [9.17, 15) is 18.4 Å². The fourth-order valence-electron chi connectivity index (χ4n) is 3.64. The predicted octanol–water partition coefficient (Wildman–Crippen LogP) is 4.96. The van der Waals surface area contributed by atoms with Crippen molar-refractivity contribution in [3.05, 3.63) is 89.0 Å². The number of benzene rings is 3. The molecule has 1 aliphatic heterocycles. The molecule has 8 heteroatoms. The molecule has 6 nitrogen and oxygen atoms in total. The van der Waals surface area contributed by atoms with E-state index in [0.717, 1.165) is 5.56 Å². The van der Waals surface area contributed by atoms with Crippen molar-refractivity contribution in [2.75, 3.05) is 17.7 Å². The lowest BCUT2D eigenvalue weighted by Crippen LogP contribution is -2.26. The maximum absolute atomic E-state index is 14.1. The summed E-state index contributed by atoms with van der Waals surface area (Å²) in [5, 5.41) is 4.80. The number of hydrogen-bond donors (Lipinski definition) is 2. The summed E-state index contributed by atoms with van der Waals surface area (Å²) in [4.78, 5) is 26.2. The van der Waals surface area contributed by atoms with Gasteiger partial charge in [0.15, 0.2) is 0 Å². The Balaban J connectivity index is 1.74. The monoisotopic (exact) mass is 464 g/mol. The van der Waals surface area contributed by atoms with Crippen molar-refractivity contribution in [3.8, 4) is 11.5 Å². The second-order valence-corrected chi connectivity index (χ2v) is 7.76. The molecule has 0 saturated heterocycles. The van der Waals surface area contributed by atoms with Gasteiger partial charge in [0.05, 0.1) is 18.5 Å². The Labute approximate surface area is 195 Å². The van der Waals surface area contributed by atoms with Crippen LogP contribution in [0, 0.1) is 11.6 Å². The molecule has 1 atom stereocenters. The van der Waals surface area contributed by atoms with Crippen LogP contribution in [0.3, 0.4) is 0 Å². The average Bonchev–Trinajstić information content (AvgIpc) is 3.18. The second kappa shape index (κ2) is 9.74. The van der Waals surface area contributed by atoms with Gasteiger partial charge in [-0.3, -0.25) is 9.59 Å². The van der Waals surface area contributed by atoms with Crippen molar-refractivity contribution in [2.24, 2.45) is 0 Å². The first-order valence-electron chi connectivity index (χ1n) is 10.6. The molecule has 0 aromatic heterocycles. The number of para-hydroxylation sites is 2. The van der Waals surface area contributed by atoms with Gasteiger partial charge in [0.25, 0.3) is 11.8 Å². The number of halogens is 2. The van der Waals surface area contributed by atoms with E-state index in [1.807, 2.05) is 6.92 Å². The van der Waals surface area contributed by atoms with Crippen LogP contribution in [0.25, 0.3) is 6.08 Å². The molecular formula is C26H22F2N2O4. The molecule has 2 amide bonds. The van der Waals surface area contributed by atoms with Crippen LogP contribution < -0.4 is 20.1 Å². The minimum atomic E-state index is -0.879. The number of methoxy groups -OCH3 is 1. The van der Waals surface area contributed by atoms with E-state index in [0.29, 0.717) is 23.5 Å². The largest absolute Gasteiger partial charge is 0.496 e. The van der Waals surface area contributed by atoms with Crippen molar-refractivity contribution in [3.63, 3.8) is 0 Å². The van der Waals surface area contributed by atoms with Crippen LogP contribution in [-0.2, 0) is 16.0 Å². The Hall–Kier alpha value is -4.20. The van der Waals surface area contributed by atoms with Gasteiger partial charge in [0.2, 0.25) is 0 Å². The first kappa shape index (κ1) is 23.0. The van der Waals surface area contributed by atoms with Crippen LogP contribution in [0.5, 0.6) is 11.5 Å². The highest BCUT2D eigenvalue weighted by Gasteiger charge is 2.25. The summed E-state index contributed by atoms with van der Waals surface area (Å²) in [7, 11) is 1.47. The molecule has 0 saturated carbocycles. The molecule has 1 heterocycles. The Morgan fingerprint density at radius 2 is 1.53 bits per heavy atom. The first-order chi connectivity index (χ1) is 16.4. The highest BCUT2D eigenvalue weighted by Crippen LogP contribution is 2.36. The summed E-state index contributed by atoms with van der Waals surface area (Å²) in [5.41, 5.74) is 0.758. The summed E-state index contributed by atoms with van der Waals surface area (Å²) in [5.74, 6) is -2.05. The van der Waals surface area contributed by atoms with E-state index < -0.39 is 23.4 Å². The van der Waals surface area contributed by atoms with Crippen LogP contribution in [-0.4, -0.2) is 25.0 Å². The van der Waals surface area contributed by atoms with Crippen molar-refractivity contribution >= 4 is 29.3 Å². The lowest BCUT2D eigenvalue weighted by atomic mass is 10.0. The van der Waals surface area contributed by atoms with Crippen molar-refractivity contribution in [2.45, 2.75) is 19.4 Å². The van der Waals surface area contributed by atoms with Crippen LogP contribution in [0.2, 0.25) is 0 Å². The zero-order valence-corrected chi connectivity index (χ0v) is 18.5. The molecule has 3 aromatic rings. The molecule has 2 N–H and O–H groups in total. The van der Waals surface area contributed by atoms with Gasteiger partial charge in [-0.25, -0.2) is 8.78 Å². The summed E-state index contributed by atoms with van der Waals surface area (Å²) in [6.07, 6.45) is 1.98. The molecule has 0 aliphatic carbocycles. The summed E-state index contributed by atoms with van der Waals surface area (Å²) in [6, 6.07) is 14.6. The van der Waals surface area contributed by atoms with Gasteiger partial charge in [-0.05, 0) is 49.4 Å². The molecule has 174 valence electrons. The van der Waals surface area contributed by atoms with Gasteiger partial charge in [-0.2, -0.15) is 0 Å². The third kappa shape index (κ3) is 4.91. The number of carbonyl (C=O) groups excluding carboxylic acids is 2. The standard InChI is InChI=1S/C26H22F2N2O4/c1-15-11-16-13-23(33-2)17(14-24(16)34-15)12-18(25(31)29-21-9-5-3-7-19(21)27)26(32)30-22-10-6-4-8-20(22)28/h3-10,12-15H,11H2,1-2H3,(H,29,31)(H,30,32). The van der Waals surface area contributed by atoms with Gasteiger partial charge in [0, 0.05) is 17.5 Å². The summed E-state index contributed by atoms with van der Waals surface area (Å²) in [6.45, 7) is 1.93. The number of ether oxygens (including phenoxy) is 2. The third-order valence-electron chi connectivity index (χ3n) is 5.28. The van der Waals surface area contributed by atoms with E-state index in [4.69, 9.17) is 9.47 Å². The van der Waals surface area contributed by atoms with Gasteiger partial charge in [-0.15, -0.1) is 0 Å². The minimum absolute atomic E-state index is 0.0212. The molecule has 0 radical (unpaired) electrons. The summed E-state index contributed by atoms with van der Waals surface area (Å²) >= 11 is 0. The molecule has 3 aromatic carbocycles. The smallest absolute Gasteiger partial charge is 0.261 e. The molecule has 0 fully saturated rings. The maximum atomic E-state index is 14.1. The number of fused-ring (bicyclic) bond motifs is 1. The minimum Gasteiger partial charge on any atom is -0.496 e. The Kier molecular flexibility index (Phi) is 6.58. The molecular weight excluding hydrogens is 442 g/mol. The number of anilines is 2. The lowest BCUT2D eigenvalue weighted by Gasteiger charge is -2.13. The van der Waals surface area contributed by atoms with E-state index in [-0.39, 0.29) is 23.1 Å². The van der Waals surface area contributed by atoms with Crippen LogP contribution in [0.15, 0.2) is 66.2 Å². The molecule has 1 unspecified atom stereocenters. The van der Waals surface area contributed by atoms with E-state index >= 15 is 0 Å². The Morgan fingerprint density at radius 3 is 2.06 bits per heavy atom. The van der Waals surface area contributed by atoms with Crippen LogP contribution in [0.1, 0.15) is 18.1 Å². The topological polar surface area (TPSA) is 76.7 Å². The van der Waals surface area contributed by atoms with Crippen molar-refractivity contribution < 1.29 is 27.8 Å². The molecule has 4 rings (SSSR count). The number of amides is 2. The van der Waals surface area contributed by atoms with Crippen LogP contribution >= 0.6 is 0 Å². The highest BCUT2D eigenvalue weighted by molar-refractivity contribution is 6.29. The zero-order valence-electron chi connectivity index (χ0n) is 18.5. The number of rotatable bonds is 6. The van der Waals surface area contributed by atoms with Crippen molar-refractivity contribution in [1.29, 1.82) is 0 Å². The predicted molar refractivity (Wildman–Crippen MR) is 125 cm³/mol. The normalized spacial score (nSPS) is 13.9. The Morgan fingerprint density at radius 1 is 0.971 bits per heavy atom. The van der Waals surface area contributed by atoms with Gasteiger partial charge >= 0.3 is 0 Å². The number of hydrogen-bond acceptors (Lipinski definition) is 4. The maximum Gasteiger partial charge on any atom is 0.261 e. The second-order valence-electron chi connectivity index (χ2n) is 7.76. The fraction of sp³-hybridized carbons (Fsp3) is 0.154. The molecule has 0 spiro atoms. The molecule has 1 aliphatic rings. The van der Waals surface area contributed by atoms with E-state index in [1.54, 1.807) is 24.3 Å². The fourth-order valence-corrected chi connectivity index (χ4v) is 3.64. The van der Waals surface area contributed by atoms with E-state index in [1.165, 1.54) is 49.6 Å². The average molecular weight is 464 g/mol. The molecule has 34 heavy (non-hydrogen) atoms. The first-order valence-corrected chi connectivity index (χ1v) is 10.6. The molecule has 0 bridgehead atoms. The van der Waals surface area contributed by atoms with Crippen LogP contribution in [0.4, 0.5) is 20.2 Å². The number of nitrogens with one attached hydrogen (secondary N) is 2. The quantitative estimate of drug-likeness (QED) is 0.307. The third-order valence-corrected chi connectivity index (χ3v) is 5.28. The number of carbonyl (C=O) groups is 2. The van der Waals surface area contributed by atoms with Gasteiger partial charge in [-0.1, -0.05) is 24.3 Å². The zero-order chi connectivity index (χ0) is 24.2. The lowest BCUT2D eigenvalue weighted by molar-refractivity contribution is -0.118. The summed E-state index contributed by atoms with van der Waals surface area (Å²) < 4.78 is 39.5. The highest BCUT2D eigenvalue weighted by atomic mass is 19.1. The Bertz CT molecular complexity index is 1230. The van der Waals surface area contributed by atoms with Gasteiger partial charge < -0.3 is 20.1 Å². The van der Waals surface area contributed by atoms with Gasteiger partial charge in [0.1, 0.15) is 34.8 Å². The van der Waals surface area contributed by atoms with Crippen molar-refractivity contribution in [1.82, 2.24) is 0 Å². The SMILES string of the molecule is COc1cc2c(cc1C=C(C(=O)Nc1ccccc1F)C(=O)Nc1ccccc1F)OC(C)C2.